The molecule has 0 saturated carbocycles. The predicted octanol–water partition coefficient (Wildman–Crippen LogP) is 2.72. The quantitative estimate of drug-likeness (QED) is 0.571. The molecule has 1 aliphatic heterocycles. The minimum Gasteiger partial charge on any atom is -0.357 e. The molecule has 1 aliphatic rings. The van der Waals surface area contributed by atoms with E-state index in [-0.39, 0.29) is 0 Å². The molecule has 0 bridgehead atoms. The van der Waals surface area contributed by atoms with Crippen molar-refractivity contribution in [2.75, 3.05) is 19.6 Å². The summed E-state index contributed by atoms with van der Waals surface area (Å²) in [4.78, 5) is 11.9. The Morgan fingerprint density at radius 2 is 2.04 bits per heavy atom. The number of hydrogen-bond acceptors (Lipinski definition) is 3. The van der Waals surface area contributed by atoms with Crippen LogP contribution in [0.5, 0.6) is 0 Å². The van der Waals surface area contributed by atoms with E-state index in [1.165, 1.54) is 5.56 Å². The highest BCUT2D eigenvalue weighted by Gasteiger charge is 2.31. The van der Waals surface area contributed by atoms with E-state index in [1.54, 1.807) is 0 Å². The molecule has 2 atom stereocenters. The first-order valence-electron chi connectivity index (χ1n) is 10.4. The Bertz CT molecular complexity index is 751. The van der Waals surface area contributed by atoms with Crippen molar-refractivity contribution in [2.24, 2.45) is 10.9 Å². The van der Waals surface area contributed by atoms with Crippen molar-refractivity contribution < 1.29 is 0 Å². The van der Waals surface area contributed by atoms with Gasteiger partial charge in [-0.2, -0.15) is 0 Å². The van der Waals surface area contributed by atoms with Gasteiger partial charge in [-0.05, 0) is 32.3 Å². The summed E-state index contributed by atoms with van der Waals surface area (Å²) in [6.07, 6.45) is 3.88. The van der Waals surface area contributed by atoms with Crippen molar-refractivity contribution in [3.05, 3.63) is 54.1 Å². The molecule has 0 amide bonds. The summed E-state index contributed by atoms with van der Waals surface area (Å²) in [5, 5.41) is 7.03. The Hall–Kier alpha value is -2.34. The van der Waals surface area contributed by atoms with Gasteiger partial charge in [0.25, 0.3) is 0 Å². The molecule has 2 N–H and O–H groups in total. The molecule has 0 spiro atoms. The summed E-state index contributed by atoms with van der Waals surface area (Å²) in [5.74, 6) is 2.45. The van der Waals surface area contributed by atoms with Crippen molar-refractivity contribution in [1.29, 1.82) is 0 Å². The minimum atomic E-state index is 0.421. The lowest BCUT2D eigenvalue weighted by Gasteiger charge is -2.22. The van der Waals surface area contributed by atoms with Crippen molar-refractivity contribution in [2.45, 2.75) is 52.9 Å². The van der Waals surface area contributed by atoms with E-state index in [0.717, 1.165) is 38.0 Å². The molecule has 6 nitrogen and oxygen atoms in total. The van der Waals surface area contributed by atoms with E-state index in [1.807, 2.05) is 18.5 Å². The number of guanidine groups is 1. The van der Waals surface area contributed by atoms with Gasteiger partial charge in [0.15, 0.2) is 5.96 Å². The van der Waals surface area contributed by atoms with E-state index in [9.17, 15) is 0 Å². The minimum absolute atomic E-state index is 0.421. The first-order chi connectivity index (χ1) is 13.6. The molecule has 28 heavy (non-hydrogen) atoms. The second-order valence-corrected chi connectivity index (χ2v) is 7.93. The standard InChI is InChI=1S/C22H34N6/c1-5-23-22(26-20-16-28(17(2)3)14-18(20)4)25-13-21-24-11-12-27(21)15-19-9-7-6-8-10-19/h6-12,17-18,20H,5,13-16H2,1-4H3,(H2,23,25,26). The van der Waals surface area contributed by atoms with Gasteiger partial charge in [-0.25, -0.2) is 9.98 Å². The van der Waals surface area contributed by atoms with Crippen LogP contribution in [0.4, 0.5) is 0 Å². The fraction of sp³-hybridized carbons (Fsp3) is 0.545. The van der Waals surface area contributed by atoms with E-state index >= 15 is 0 Å². The van der Waals surface area contributed by atoms with Crippen LogP contribution in [0.15, 0.2) is 47.7 Å². The molecule has 2 heterocycles. The Kier molecular flexibility index (Phi) is 7.09. The summed E-state index contributed by atoms with van der Waals surface area (Å²) in [6.45, 7) is 13.4. The molecule has 1 aromatic carbocycles. The lowest BCUT2D eigenvalue weighted by Crippen LogP contribution is -2.46. The number of rotatable bonds is 7. The van der Waals surface area contributed by atoms with Gasteiger partial charge in [0, 0.05) is 50.7 Å². The molecule has 6 heteroatoms. The average molecular weight is 383 g/mol. The SMILES string of the molecule is CCNC(=NCc1nccn1Cc1ccccc1)NC1CN(C(C)C)CC1C. The Morgan fingerprint density at radius 3 is 2.71 bits per heavy atom. The van der Waals surface area contributed by atoms with Gasteiger partial charge in [0.2, 0.25) is 0 Å². The van der Waals surface area contributed by atoms with Gasteiger partial charge >= 0.3 is 0 Å². The van der Waals surface area contributed by atoms with Gasteiger partial charge in [-0.3, -0.25) is 4.90 Å². The fourth-order valence-electron chi connectivity index (χ4n) is 3.67. The monoisotopic (exact) mass is 382 g/mol. The lowest BCUT2D eigenvalue weighted by molar-refractivity contribution is 0.265. The normalized spacial score (nSPS) is 20.7. The number of hydrogen-bond donors (Lipinski definition) is 2. The zero-order chi connectivity index (χ0) is 19.9. The van der Waals surface area contributed by atoms with Crippen LogP contribution < -0.4 is 10.6 Å². The van der Waals surface area contributed by atoms with E-state index < -0.39 is 0 Å². The van der Waals surface area contributed by atoms with Crippen molar-refractivity contribution in [3.8, 4) is 0 Å². The van der Waals surface area contributed by atoms with Crippen LogP contribution in [0.3, 0.4) is 0 Å². The van der Waals surface area contributed by atoms with Crippen LogP contribution in [0, 0.1) is 5.92 Å². The van der Waals surface area contributed by atoms with Crippen LogP contribution in [0.2, 0.25) is 0 Å². The number of benzene rings is 1. The summed E-state index contributed by atoms with van der Waals surface area (Å²) >= 11 is 0. The van der Waals surface area contributed by atoms with Gasteiger partial charge in [0.1, 0.15) is 12.4 Å². The van der Waals surface area contributed by atoms with Gasteiger partial charge in [-0.1, -0.05) is 37.3 Å². The fourth-order valence-corrected chi connectivity index (χ4v) is 3.67. The zero-order valence-electron chi connectivity index (χ0n) is 17.6. The molecule has 0 radical (unpaired) electrons. The van der Waals surface area contributed by atoms with Crippen LogP contribution in [-0.4, -0.2) is 52.1 Å². The Morgan fingerprint density at radius 1 is 1.25 bits per heavy atom. The number of imidazole rings is 1. The third kappa shape index (κ3) is 5.35. The second kappa shape index (κ2) is 9.73. The average Bonchev–Trinajstić information content (AvgIpc) is 3.27. The lowest BCUT2D eigenvalue weighted by atomic mass is 10.1. The van der Waals surface area contributed by atoms with Crippen molar-refractivity contribution in [1.82, 2.24) is 25.1 Å². The number of aliphatic imine (C=N–C) groups is 1. The van der Waals surface area contributed by atoms with Gasteiger partial charge < -0.3 is 15.2 Å². The molecule has 3 rings (SSSR count). The first kappa shape index (κ1) is 20.4. The smallest absolute Gasteiger partial charge is 0.191 e. The van der Waals surface area contributed by atoms with E-state index in [4.69, 9.17) is 4.99 Å². The molecule has 1 saturated heterocycles. The second-order valence-electron chi connectivity index (χ2n) is 7.93. The largest absolute Gasteiger partial charge is 0.357 e. The number of nitrogens with one attached hydrogen (secondary N) is 2. The highest BCUT2D eigenvalue weighted by atomic mass is 15.3. The number of aromatic nitrogens is 2. The van der Waals surface area contributed by atoms with E-state index in [0.29, 0.717) is 24.5 Å². The van der Waals surface area contributed by atoms with Crippen molar-refractivity contribution >= 4 is 5.96 Å². The summed E-state index contributed by atoms with van der Waals surface area (Å²) < 4.78 is 2.17. The van der Waals surface area contributed by atoms with Crippen molar-refractivity contribution in [3.63, 3.8) is 0 Å². The van der Waals surface area contributed by atoms with Crippen LogP contribution in [0.1, 0.15) is 39.1 Å². The molecule has 2 unspecified atom stereocenters. The molecule has 1 fully saturated rings. The topological polar surface area (TPSA) is 57.5 Å². The molecular weight excluding hydrogens is 348 g/mol. The maximum atomic E-state index is 4.82. The van der Waals surface area contributed by atoms with E-state index in [2.05, 4.69) is 77.0 Å². The molecular formula is C22H34N6. The summed E-state index contributed by atoms with van der Waals surface area (Å²) in [7, 11) is 0. The Balaban J connectivity index is 1.64. The molecule has 0 aliphatic carbocycles. The third-order valence-corrected chi connectivity index (χ3v) is 5.41. The Labute approximate surface area is 169 Å². The zero-order valence-corrected chi connectivity index (χ0v) is 17.6. The van der Waals surface area contributed by atoms with Crippen LogP contribution in [-0.2, 0) is 13.1 Å². The van der Waals surface area contributed by atoms with Gasteiger partial charge in [0.05, 0.1) is 0 Å². The van der Waals surface area contributed by atoms with Crippen LogP contribution in [0.25, 0.3) is 0 Å². The molecule has 152 valence electrons. The maximum absolute atomic E-state index is 4.82. The summed E-state index contributed by atoms with van der Waals surface area (Å²) in [6, 6.07) is 11.5. The summed E-state index contributed by atoms with van der Waals surface area (Å²) in [5.41, 5.74) is 1.27. The highest BCUT2D eigenvalue weighted by Crippen LogP contribution is 2.18. The maximum Gasteiger partial charge on any atom is 0.191 e. The van der Waals surface area contributed by atoms with Crippen LogP contribution >= 0.6 is 0 Å². The predicted molar refractivity (Wildman–Crippen MR) is 115 cm³/mol. The molecule has 2 aromatic rings. The highest BCUT2D eigenvalue weighted by molar-refractivity contribution is 5.80. The van der Waals surface area contributed by atoms with Gasteiger partial charge in [-0.15, -0.1) is 0 Å². The number of nitrogens with zero attached hydrogens (tertiary/aromatic N) is 4. The third-order valence-electron chi connectivity index (χ3n) is 5.41. The molecule has 1 aromatic heterocycles. The first-order valence-corrected chi connectivity index (χ1v) is 10.4. The number of likely N-dealkylation sites (tertiary alicyclic amines) is 1.